The number of aromatic nitrogens is 2. The lowest BCUT2D eigenvalue weighted by atomic mass is 9.78. The minimum Gasteiger partial charge on any atom is -0.456 e. The number of fused-ring (bicyclic) bond motifs is 5. The van der Waals surface area contributed by atoms with Crippen LogP contribution in [0.15, 0.2) is 85.2 Å². The number of benzene rings is 4. The van der Waals surface area contributed by atoms with Crippen molar-refractivity contribution in [2.45, 2.75) is 31.8 Å². The number of nitro benzene ring substituents is 1. The fourth-order valence-corrected chi connectivity index (χ4v) is 5.48. The molecule has 1 unspecified atom stereocenters. The van der Waals surface area contributed by atoms with Crippen LogP contribution in [0.1, 0.15) is 51.6 Å². The molecule has 0 saturated heterocycles. The first-order valence-electron chi connectivity index (χ1n) is 12.3. The lowest BCUT2D eigenvalue weighted by Crippen LogP contribution is -2.19. The van der Waals surface area contributed by atoms with Crippen LogP contribution in [-0.4, -0.2) is 20.9 Å². The van der Waals surface area contributed by atoms with Crippen molar-refractivity contribution in [3.8, 4) is 0 Å². The van der Waals surface area contributed by atoms with Crippen LogP contribution in [0.25, 0.3) is 21.5 Å². The molecule has 5 aromatic rings. The van der Waals surface area contributed by atoms with E-state index in [-0.39, 0.29) is 28.8 Å². The lowest BCUT2D eigenvalue weighted by molar-refractivity contribution is -0.383. The molecule has 37 heavy (non-hydrogen) atoms. The average molecular weight is 490 g/mol. The maximum absolute atomic E-state index is 13.1. The molecular weight excluding hydrogens is 466 g/mol. The van der Waals surface area contributed by atoms with Gasteiger partial charge in [-0.15, -0.1) is 0 Å². The van der Waals surface area contributed by atoms with Gasteiger partial charge in [0.25, 0.3) is 5.69 Å². The van der Waals surface area contributed by atoms with E-state index >= 15 is 0 Å². The van der Waals surface area contributed by atoms with Crippen molar-refractivity contribution in [1.29, 1.82) is 0 Å². The second-order valence-corrected chi connectivity index (χ2v) is 9.22. The van der Waals surface area contributed by atoms with E-state index in [9.17, 15) is 14.9 Å². The SMILES string of the molecule is O=C(OCc1ccccc1)c1nccnc1C1CCCc2c1ccc1c2ccc2c([N+](=O)[O-])cccc21. The summed E-state index contributed by atoms with van der Waals surface area (Å²) in [5.74, 6) is -0.583. The van der Waals surface area contributed by atoms with Gasteiger partial charge in [-0.25, -0.2) is 9.78 Å². The van der Waals surface area contributed by atoms with Gasteiger partial charge in [0.15, 0.2) is 5.69 Å². The van der Waals surface area contributed by atoms with E-state index in [1.54, 1.807) is 12.3 Å². The van der Waals surface area contributed by atoms with Crippen molar-refractivity contribution in [2.24, 2.45) is 0 Å². The highest BCUT2D eigenvalue weighted by atomic mass is 16.6. The molecule has 0 radical (unpaired) electrons. The van der Waals surface area contributed by atoms with Crippen LogP contribution in [0.2, 0.25) is 0 Å². The molecule has 7 nitrogen and oxygen atoms in total. The van der Waals surface area contributed by atoms with Crippen LogP contribution >= 0.6 is 0 Å². The maximum atomic E-state index is 13.1. The molecule has 0 amide bonds. The van der Waals surface area contributed by atoms with Gasteiger partial charge in [-0.1, -0.05) is 60.7 Å². The number of esters is 1. The van der Waals surface area contributed by atoms with Gasteiger partial charge in [0.2, 0.25) is 0 Å². The van der Waals surface area contributed by atoms with E-state index < -0.39 is 5.97 Å². The Balaban J connectivity index is 1.40. The van der Waals surface area contributed by atoms with Gasteiger partial charge in [-0.05, 0) is 58.2 Å². The summed E-state index contributed by atoms with van der Waals surface area (Å²) in [7, 11) is 0. The van der Waals surface area contributed by atoms with E-state index in [0.29, 0.717) is 11.1 Å². The Morgan fingerprint density at radius 2 is 1.65 bits per heavy atom. The Morgan fingerprint density at radius 3 is 2.49 bits per heavy atom. The second kappa shape index (κ2) is 9.43. The molecule has 182 valence electrons. The first-order chi connectivity index (χ1) is 18.1. The number of nitro groups is 1. The zero-order chi connectivity index (χ0) is 25.4. The van der Waals surface area contributed by atoms with Crippen molar-refractivity contribution < 1.29 is 14.5 Å². The van der Waals surface area contributed by atoms with Gasteiger partial charge >= 0.3 is 5.97 Å². The number of hydrogen-bond acceptors (Lipinski definition) is 6. The molecule has 1 heterocycles. The van der Waals surface area contributed by atoms with Gasteiger partial charge in [0.05, 0.1) is 16.0 Å². The molecule has 0 fully saturated rings. The average Bonchev–Trinajstić information content (AvgIpc) is 2.95. The number of non-ortho nitro benzene ring substituents is 1. The number of carbonyl (C=O) groups excluding carboxylic acids is 1. The topological polar surface area (TPSA) is 95.2 Å². The van der Waals surface area contributed by atoms with Gasteiger partial charge in [-0.2, -0.15) is 0 Å². The van der Waals surface area contributed by atoms with Crippen molar-refractivity contribution in [2.75, 3.05) is 0 Å². The highest BCUT2D eigenvalue weighted by molar-refractivity contribution is 6.11. The van der Waals surface area contributed by atoms with Crippen LogP contribution in [-0.2, 0) is 17.8 Å². The summed E-state index contributed by atoms with van der Waals surface area (Å²) in [6.45, 7) is 0.167. The molecule has 0 bridgehead atoms. The third kappa shape index (κ3) is 4.08. The van der Waals surface area contributed by atoms with E-state index in [2.05, 4.69) is 16.0 Å². The van der Waals surface area contributed by atoms with Crippen LogP contribution in [0.5, 0.6) is 0 Å². The molecule has 0 aliphatic heterocycles. The predicted molar refractivity (Wildman–Crippen MR) is 140 cm³/mol. The lowest BCUT2D eigenvalue weighted by Gasteiger charge is -2.27. The fraction of sp³-hybridized carbons (Fsp3) is 0.167. The third-order valence-corrected chi connectivity index (χ3v) is 7.14. The number of hydrogen-bond donors (Lipinski definition) is 0. The van der Waals surface area contributed by atoms with Crippen LogP contribution in [0, 0.1) is 10.1 Å². The van der Waals surface area contributed by atoms with E-state index in [4.69, 9.17) is 4.74 Å². The van der Waals surface area contributed by atoms with E-state index in [0.717, 1.165) is 46.5 Å². The summed E-state index contributed by atoms with van der Waals surface area (Å²) in [6.07, 6.45) is 5.79. The first-order valence-corrected chi connectivity index (χ1v) is 12.3. The van der Waals surface area contributed by atoms with E-state index in [1.807, 2.05) is 54.6 Å². The summed E-state index contributed by atoms with van der Waals surface area (Å²) >= 11 is 0. The smallest absolute Gasteiger partial charge is 0.359 e. The van der Waals surface area contributed by atoms with Crippen molar-refractivity contribution in [1.82, 2.24) is 9.97 Å². The number of rotatable bonds is 5. The Hall–Kier alpha value is -4.65. The standard InChI is InChI=1S/C30H23N3O4/c34-30(37-18-19-6-2-1-3-7-19)29-28(31-16-17-32-29)26-10-4-8-20-22-14-15-25-21(23(22)12-13-24(20)26)9-5-11-27(25)33(35)36/h1-3,5-7,9,11-17,26H,4,8,10,18H2. The number of nitrogens with zero attached hydrogens (tertiary/aromatic N) is 3. The van der Waals surface area contributed by atoms with Crippen molar-refractivity contribution >= 4 is 33.2 Å². The maximum Gasteiger partial charge on any atom is 0.359 e. The summed E-state index contributed by atoms with van der Waals surface area (Å²) in [5.41, 5.74) is 4.18. The quantitative estimate of drug-likeness (QED) is 0.121. The van der Waals surface area contributed by atoms with E-state index in [1.165, 1.54) is 17.8 Å². The molecule has 0 N–H and O–H groups in total. The van der Waals surface area contributed by atoms with Gasteiger partial charge in [0.1, 0.15) is 6.61 Å². The van der Waals surface area contributed by atoms with Crippen molar-refractivity contribution in [3.05, 3.63) is 123 Å². The van der Waals surface area contributed by atoms with Crippen molar-refractivity contribution in [3.63, 3.8) is 0 Å². The minimum atomic E-state index is -0.488. The summed E-state index contributed by atoms with van der Waals surface area (Å²) in [6, 6.07) is 22.7. The number of carbonyl (C=O) groups is 1. The Kier molecular flexibility index (Phi) is 5.81. The molecule has 1 aliphatic carbocycles. The Morgan fingerprint density at radius 1 is 0.892 bits per heavy atom. The summed E-state index contributed by atoms with van der Waals surface area (Å²) in [4.78, 5) is 33.2. The molecule has 4 aromatic carbocycles. The van der Waals surface area contributed by atoms with Crippen LogP contribution < -0.4 is 0 Å². The summed E-state index contributed by atoms with van der Waals surface area (Å²) in [5, 5.41) is 15.1. The normalized spacial score (nSPS) is 14.9. The number of aryl methyl sites for hydroxylation is 1. The largest absolute Gasteiger partial charge is 0.456 e. The third-order valence-electron chi connectivity index (χ3n) is 7.14. The minimum absolute atomic E-state index is 0.0954. The second-order valence-electron chi connectivity index (χ2n) is 9.22. The van der Waals surface area contributed by atoms with Crippen LogP contribution in [0.3, 0.4) is 0 Å². The monoisotopic (exact) mass is 489 g/mol. The molecule has 1 aromatic heterocycles. The van der Waals surface area contributed by atoms with Crippen LogP contribution in [0.4, 0.5) is 5.69 Å². The zero-order valence-corrected chi connectivity index (χ0v) is 20.0. The Bertz CT molecular complexity index is 1670. The van der Waals surface area contributed by atoms with Gasteiger partial charge < -0.3 is 4.74 Å². The highest BCUT2D eigenvalue weighted by Crippen LogP contribution is 2.42. The molecular formula is C30H23N3O4. The molecule has 1 aliphatic rings. The molecule has 1 atom stereocenters. The zero-order valence-electron chi connectivity index (χ0n) is 20.0. The highest BCUT2D eigenvalue weighted by Gasteiger charge is 2.29. The predicted octanol–water partition coefficient (Wildman–Crippen LogP) is 6.52. The molecule has 7 heteroatoms. The molecule has 0 spiro atoms. The molecule has 6 rings (SSSR count). The van der Waals surface area contributed by atoms with Gasteiger partial charge in [-0.3, -0.25) is 15.1 Å². The fourth-order valence-electron chi connectivity index (χ4n) is 5.48. The molecule has 0 saturated carbocycles. The Labute approximate surface area is 212 Å². The number of ether oxygens (including phenoxy) is 1. The summed E-state index contributed by atoms with van der Waals surface area (Å²) < 4.78 is 5.59. The first kappa shape index (κ1) is 22.8. The van der Waals surface area contributed by atoms with Gasteiger partial charge in [0, 0.05) is 24.4 Å².